The number of imidazole rings is 1. The van der Waals surface area contributed by atoms with Crippen LogP contribution in [-0.2, 0) is 11.2 Å². The SMILES string of the molecule is CCCc1nc2cc(N)ccc2n1C(C)C(=O)N(C)C. The van der Waals surface area contributed by atoms with Gasteiger partial charge in [0.2, 0.25) is 5.91 Å². The lowest BCUT2D eigenvalue weighted by molar-refractivity contribution is -0.131. The van der Waals surface area contributed by atoms with Crippen LogP contribution in [0, 0.1) is 0 Å². The quantitative estimate of drug-likeness (QED) is 0.869. The molecule has 0 saturated heterocycles. The molecule has 0 saturated carbocycles. The van der Waals surface area contributed by atoms with Crippen molar-refractivity contribution in [2.45, 2.75) is 32.7 Å². The highest BCUT2D eigenvalue weighted by molar-refractivity contribution is 5.85. The van der Waals surface area contributed by atoms with E-state index in [9.17, 15) is 4.79 Å². The van der Waals surface area contributed by atoms with Crippen LogP contribution in [0.1, 0.15) is 32.1 Å². The largest absolute Gasteiger partial charge is 0.399 e. The number of anilines is 1. The first kappa shape index (κ1) is 14.4. The summed E-state index contributed by atoms with van der Waals surface area (Å²) in [6, 6.07) is 5.39. The fraction of sp³-hybridized carbons (Fsp3) is 0.467. The Morgan fingerprint density at radius 3 is 2.75 bits per heavy atom. The number of rotatable bonds is 4. The predicted octanol–water partition coefficient (Wildman–Crippen LogP) is 2.22. The minimum Gasteiger partial charge on any atom is -0.399 e. The van der Waals surface area contributed by atoms with E-state index in [1.165, 1.54) is 0 Å². The van der Waals surface area contributed by atoms with Gasteiger partial charge in [-0.3, -0.25) is 4.79 Å². The van der Waals surface area contributed by atoms with Crippen molar-refractivity contribution in [3.05, 3.63) is 24.0 Å². The Labute approximate surface area is 119 Å². The molecule has 0 aliphatic carbocycles. The van der Waals surface area contributed by atoms with Gasteiger partial charge in [-0.2, -0.15) is 0 Å². The molecule has 1 aromatic carbocycles. The van der Waals surface area contributed by atoms with E-state index in [-0.39, 0.29) is 11.9 Å². The number of carbonyl (C=O) groups excluding carboxylic acids is 1. The number of aryl methyl sites for hydroxylation is 1. The molecule has 1 unspecified atom stereocenters. The highest BCUT2D eigenvalue weighted by Crippen LogP contribution is 2.24. The van der Waals surface area contributed by atoms with Crippen LogP contribution in [0.25, 0.3) is 11.0 Å². The molecule has 0 spiro atoms. The third-order valence-corrected chi connectivity index (χ3v) is 3.45. The maximum atomic E-state index is 12.3. The molecule has 108 valence electrons. The van der Waals surface area contributed by atoms with Gasteiger partial charge in [-0.25, -0.2) is 4.98 Å². The van der Waals surface area contributed by atoms with Gasteiger partial charge in [-0.05, 0) is 31.5 Å². The summed E-state index contributed by atoms with van der Waals surface area (Å²) in [6.07, 6.45) is 1.83. The molecule has 5 nitrogen and oxygen atoms in total. The van der Waals surface area contributed by atoms with E-state index in [1.807, 2.05) is 29.7 Å². The molecule has 0 aliphatic rings. The van der Waals surface area contributed by atoms with Crippen LogP contribution < -0.4 is 5.73 Å². The summed E-state index contributed by atoms with van der Waals surface area (Å²) in [5.41, 5.74) is 8.33. The second kappa shape index (κ2) is 5.53. The first-order valence-corrected chi connectivity index (χ1v) is 6.93. The molecule has 0 radical (unpaired) electrons. The molecule has 0 bridgehead atoms. The van der Waals surface area contributed by atoms with Crippen molar-refractivity contribution < 1.29 is 4.79 Å². The molecule has 2 rings (SSSR count). The number of hydrogen-bond donors (Lipinski definition) is 1. The lowest BCUT2D eigenvalue weighted by Crippen LogP contribution is -2.30. The smallest absolute Gasteiger partial charge is 0.244 e. The summed E-state index contributed by atoms with van der Waals surface area (Å²) in [5, 5.41) is 0. The van der Waals surface area contributed by atoms with Crippen LogP contribution in [0.4, 0.5) is 5.69 Å². The van der Waals surface area contributed by atoms with Crippen molar-refractivity contribution >= 4 is 22.6 Å². The van der Waals surface area contributed by atoms with E-state index in [4.69, 9.17) is 5.73 Å². The highest BCUT2D eigenvalue weighted by atomic mass is 16.2. The summed E-state index contributed by atoms with van der Waals surface area (Å²) in [7, 11) is 3.55. The van der Waals surface area contributed by atoms with Gasteiger partial charge in [0.25, 0.3) is 0 Å². The number of hydrogen-bond acceptors (Lipinski definition) is 3. The average molecular weight is 274 g/mol. The Balaban J connectivity index is 2.59. The number of nitrogen functional groups attached to an aromatic ring is 1. The summed E-state index contributed by atoms with van der Waals surface area (Å²) in [5.74, 6) is 1.01. The van der Waals surface area contributed by atoms with Crippen molar-refractivity contribution in [3.8, 4) is 0 Å². The Morgan fingerprint density at radius 2 is 2.15 bits per heavy atom. The number of fused-ring (bicyclic) bond motifs is 1. The van der Waals surface area contributed by atoms with Crippen molar-refractivity contribution in [2.75, 3.05) is 19.8 Å². The van der Waals surface area contributed by atoms with Crippen LogP contribution in [0.5, 0.6) is 0 Å². The Hall–Kier alpha value is -2.04. The topological polar surface area (TPSA) is 64.1 Å². The molecule has 2 aromatic rings. The zero-order valence-electron chi connectivity index (χ0n) is 12.6. The fourth-order valence-corrected chi connectivity index (χ4v) is 2.48. The maximum absolute atomic E-state index is 12.3. The van der Waals surface area contributed by atoms with Crippen LogP contribution in [-0.4, -0.2) is 34.5 Å². The lowest BCUT2D eigenvalue weighted by atomic mass is 10.2. The average Bonchev–Trinajstić information content (AvgIpc) is 2.74. The number of nitrogens with zero attached hydrogens (tertiary/aromatic N) is 3. The van der Waals surface area contributed by atoms with E-state index in [0.717, 1.165) is 29.7 Å². The van der Waals surface area contributed by atoms with E-state index in [0.29, 0.717) is 5.69 Å². The van der Waals surface area contributed by atoms with E-state index < -0.39 is 0 Å². The van der Waals surface area contributed by atoms with Crippen LogP contribution in [0.15, 0.2) is 18.2 Å². The second-order valence-corrected chi connectivity index (χ2v) is 5.30. The van der Waals surface area contributed by atoms with E-state index in [1.54, 1.807) is 19.0 Å². The lowest BCUT2D eigenvalue weighted by Gasteiger charge is -2.20. The molecule has 2 N–H and O–H groups in total. The van der Waals surface area contributed by atoms with Crippen LogP contribution in [0.2, 0.25) is 0 Å². The Morgan fingerprint density at radius 1 is 1.45 bits per heavy atom. The molecule has 0 aliphatic heterocycles. The predicted molar refractivity (Wildman–Crippen MR) is 81.5 cm³/mol. The van der Waals surface area contributed by atoms with Crippen molar-refractivity contribution in [3.63, 3.8) is 0 Å². The molecule has 1 atom stereocenters. The molecule has 20 heavy (non-hydrogen) atoms. The number of likely N-dealkylation sites (N-methyl/N-ethyl adjacent to an activating group) is 1. The monoisotopic (exact) mass is 274 g/mol. The normalized spacial score (nSPS) is 12.6. The third kappa shape index (κ3) is 2.48. The third-order valence-electron chi connectivity index (χ3n) is 3.45. The summed E-state index contributed by atoms with van der Waals surface area (Å²) >= 11 is 0. The molecule has 1 amide bonds. The number of carbonyl (C=O) groups is 1. The maximum Gasteiger partial charge on any atom is 0.244 e. The van der Waals surface area contributed by atoms with Crippen molar-refractivity contribution in [2.24, 2.45) is 0 Å². The molecular weight excluding hydrogens is 252 g/mol. The van der Waals surface area contributed by atoms with Gasteiger partial charge < -0.3 is 15.2 Å². The molecular formula is C15H22N4O. The highest BCUT2D eigenvalue weighted by Gasteiger charge is 2.22. The van der Waals surface area contributed by atoms with Crippen LogP contribution >= 0.6 is 0 Å². The van der Waals surface area contributed by atoms with Gasteiger partial charge in [0, 0.05) is 26.2 Å². The van der Waals surface area contributed by atoms with Gasteiger partial charge in [0.15, 0.2) is 0 Å². The van der Waals surface area contributed by atoms with Gasteiger partial charge in [-0.15, -0.1) is 0 Å². The van der Waals surface area contributed by atoms with E-state index in [2.05, 4.69) is 11.9 Å². The van der Waals surface area contributed by atoms with Crippen LogP contribution in [0.3, 0.4) is 0 Å². The fourth-order valence-electron chi connectivity index (χ4n) is 2.48. The zero-order valence-corrected chi connectivity index (χ0v) is 12.6. The van der Waals surface area contributed by atoms with Gasteiger partial charge >= 0.3 is 0 Å². The minimum atomic E-state index is -0.264. The molecule has 0 fully saturated rings. The van der Waals surface area contributed by atoms with Crippen molar-refractivity contribution in [1.82, 2.24) is 14.5 Å². The summed E-state index contributed by atoms with van der Waals surface area (Å²) in [6.45, 7) is 4.02. The number of aromatic nitrogens is 2. The minimum absolute atomic E-state index is 0.0680. The van der Waals surface area contributed by atoms with Gasteiger partial charge in [-0.1, -0.05) is 6.92 Å². The standard InChI is InChI=1S/C15H22N4O/c1-5-6-14-17-12-9-11(16)7-8-13(12)19(14)10(2)15(20)18(3)4/h7-10H,5-6,16H2,1-4H3. The molecule has 5 heteroatoms. The summed E-state index contributed by atoms with van der Waals surface area (Å²) < 4.78 is 2.03. The first-order chi connectivity index (χ1) is 9.45. The molecule has 1 heterocycles. The number of benzene rings is 1. The van der Waals surface area contributed by atoms with E-state index >= 15 is 0 Å². The zero-order chi connectivity index (χ0) is 14.9. The Bertz CT molecular complexity index is 630. The van der Waals surface area contributed by atoms with Crippen molar-refractivity contribution in [1.29, 1.82) is 0 Å². The first-order valence-electron chi connectivity index (χ1n) is 6.93. The summed E-state index contributed by atoms with van der Waals surface area (Å²) in [4.78, 5) is 18.5. The Kier molecular flexibility index (Phi) is 3.97. The number of amides is 1. The molecule has 1 aromatic heterocycles. The second-order valence-electron chi connectivity index (χ2n) is 5.30. The van der Waals surface area contributed by atoms with Gasteiger partial charge in [0.05, 0.1) is 11.0 Å². The van der Waals surface area contributed by atoms with Gasteiger partial charge in [0.1, 0.15) is 11.9 Å². The number of nitrogens with two attached hydrogens (primary N) is 1.